The summed E-state index contributed by atoms with van der Waals surface area (Å²) in [6.07, 6.45) is 0. The van der Waals surface area contributed by atoms with Crippen molar-refractivity contribution in [3.63, 3.8) is 0 Å². The highest BCUT2D eigenvalue weighted by molar-refractivity contribution is 6.28. The maximum absolute atomic E-state index is 2.26. The van der Waals surface area contributed by atoms with E-state index in [9.17, 15) is 0 Å². The highest BCUT2D eigenvalue weighted by Gasteiger charge is 2.12. The first-order chi connectivity index (χ1) is 16.3. The average Bonchev–Trinajstić information content (AvgIpc) is 2.93. The van der Waals surface area contributed by atoms with E-state index in [1.807, 2.05) is 55.4 Å². The number of hydrogen-bond donors (Lipinski definition) is 0. The predicted molar refractivity (Wildman–Crippen MR) is 155 cm³/mol. The molecule has 0 unspecified atom stereocenters. The number of aryl methyl sites for hydroxylation is 1. The molecule has 0 aliphatic carbocycles. The summed E-state index contributed by atoms with van der Waals surface area (Å²) >= 11 is 0. The van der Waals surface area contributed by atoms with Gasteiger partial charge in [0.1, 0.15) is 0 Å². The van der Waals surface area contributed by atoms with Crippen molar-refractivity contribution in [3.05, 3.63) is 96.6 Å². The normalized spacial score (nSPS) is 9.36. The van der Waals surface area contributed by atoms with Crippen LogP contribution in [0.15, 0.2) is 91.0 Å². The predicted octanol–water partition coefficient (Wildman–Crippen LogP) is 11.2. The van der Waals surface area contributed by atoms with Crippen LogP contribution in [-0.4, -0.2) is 0 Å². The van der Waals surface area contributed by atoms with Crippen LogP contribution in [0.4, 0.5) is 0 Å². The lowest BCUT2D eigenvalue weighted by Gasteiger charge is -2.15. The van der Waals surface area contributed by atoms with E-state index < -0.39 is 0 Å². The van der Waals surface area contributed by atoms with Crippen LogP contribution >= 0.6 is 0 Å². The molecule has 5 aromatic carbocycles. The Balaban J connectivity index is 0.000000619. The van der Waals surface area contributed by atoms with Crippen LogP contribution < -0.4 is 0 Å². The molecular weight excluding hydrogens is 396 g/mol. The lowest BCUT2D eigenvalue weighted by molar-refractivity contribution is 1.47. The molecule has 0 aromatic heterocycles. The van der Waals surface area contributed by atoms with Crippen molar-refractivity contribution >= 4 is 32.3 Å². The maximum atomic E-state index is 2.26. The van der Waals surface area contributed by atoms with Crippen molar-refractivity contribution in [1.82, 2.24) is 0 Å². The minimum Gasteiger partial charge on any atom is -0.0683 e. The van der Waals surface area contributed by atoms with E-state index in [1.54, 1.807) is 0 Å². The van der Waals surface area contributed by atoms with Crippen molar-refractivity contribution in [2.75, 3.05) is 0 Å². The molecule has 0 nitrogen and oxygen atoms in total. The SMILES string of the molecule is CC.CC.CC.CC.Cc1ccccc1-c1cccc2c3ccccc3c3ccccc3c12. The van der Waals surface area contributed by atoms with Gasteiger partial charge in [0.2, 0.25) is 0 Å². The van der Waals surface area contributed by atoms with Crippen molar-refractivity contribution in [2.24, 2.45) is 0 Å². The van der Waals surface area contributed by atoms with Gasteiger partial charge in [0.15, 0.2) is 0 Å². The molecule has 0 aliphatic rings. The Morgan fingerprint density at radius 3 is 1.15 bits per heavy atom. The van der Waals surface area contributed by atoms with Gasteiger partial charge in [0.25, 0.3) is 0 Å². The van der Waals surface area contributed by atoms with Crippen molar-refractivity contribution < 1.29 is 0 Å². The fraction of sp³-hybridized carbons (Fsp3) is 0.273. The third-order valence-electron chi connectivity index (χ3n) is 5.20. The van der Waals surface area contributed by atoms with E-state index in [1.165, 1.54) is 49.0 Å². The Morgan fingerprint density at radius 2 is 0.667 bits per heavy atom. The highest BCUT2D eigenvalue weighted by Crippen LogP contribution is 2.40. The van der Waals surface area contributed by atoms with Gasteiger partial charge in [0.05, 0.1) is 0 Å². The van der Waals surface area contributed by atoms with E-state index >= 15 is 0 Å². The van der Waals surface area contributed by atoms with E-state index in [0.29, 0.717) is 0 Å². The molecule has 0 heteroatoms. The van der Waals surface area contributed by atoms with Crippen molar-refractivity contribution in [1.29, 1.82) is 0 Å². The molecule has 0 radical (unpaired) electrons. The van der Waals surface area contributed by atoms with E-state index in [0.717, 1.165) is 0 Å². The summed E-state index contributed by atoms with van der Waals surface area (Å²) in [5.74, 6) is 0. The lowest BCUT2D eigenvalue weighted by atomic mass is 9.88. The van der Waals surface area contributed by atoms with Gasteiger partial charge < -0.3 is 0 Å². The third-order valence-corrected chi connectivity index (χ3v) is 5.20. The molecule has 0 bridgehead atoms. The monoisotopic (exact) mass is 438 g/mol. The van der Waals surface area contributed by atoms with Gasteiger partial charge in [-0.05, 0) is 55.9 Å². The summed E-state index contributed by atoms with van der Waals surface area (Å²) in [6.45, 7) is 18.2. The molecule has 0 saturated carbocycles. The molecule has 0 saturated heterocycles. The molecule has 0 heterocycles. The van der Waals surface area contributed by atoms with Gasteiger partial charge >= 0.3 is 0 Å². The van der Waals surface area contributed by atoms with Gasteiger partial charge in [-0.15, -0.1) is 0 Å². The van der Waals surface area contributed by atoms with E-state index in [4.69, 9.17) is 0 Å². The van der Waals surface area contributed by atoms with Crippen LogP contribution in [0.1, 0.15) is 61.0 Å². The lowest BCUT2D eigenvalue weighted by Crippen LogP contribution is -1.88. The Morgan fingerprint density at radius 1 is 0.333 bits per heavy atom. The summed E-state index contributed by atoms with van der Waals surface area (Å²) in [7, 11) is 0. The molecule has 5 rings (SSSR count). The zero-order valence-electron chi connectivity index (χ0n) is 22.2. The fourth-order valence-electron chi connectivity index (χ4n) is 4.06. The van der Waals surface area contributed by atoms with Gasteiger partial charge in [-0.1, -0.05) is 146 Å². The largest absolute Gasteiger partial charge is 0.0683 e. The highest BCUT2D eigenvalue weighted by atomic mass is 14.2. The Bertz CT molecular complexity index is 1200. The summed E-state index contributed by atoms with van der Waals surface area (Å²) in [6, 6.07) is 32.9. The Kier molecular flexibility index (Phi) is 12.6. The number of hydrogen-bond acceptors (Lipinski definition) is 0. The molecule has 0 spiro atoms. The van der Waals surface area contributed by atoms with Crippen LogP contribution in [0.25, 0.3) is 43.4 Å². The first-order valence-electron chi connectivity index (χ1n) is 12.7. The van der Waals surface area contributed by atoms with Gasteiger partial charge in [0, 0.05) is 0 Å². The number of fused-ring (bicyclic) bond motifs is 6. The van der Waals surface area contributed by atoms with Crippen LogP contribution in [0.5, 0.6) is 0 Å². The fourth-order valence-corrected chi connectivity index (χ4v) is 4.06. The molecule has 0 aliphatic heterocycles. The standard InChI is InChI=1S/C25H18.4C2H6/c1-17-9-2-3-10-18(17)22-15-8-16-24-21-12-5-4-11-19(21)20-13-6-7-14-23(20)25(22)24;4*1-2/h2-16H,1H3;4*1-2H3. The van der Waals surface area contributed by atoms with E-state index in [-0.39, 0.29) is 0 Å². The zero-order valence-corrected chi connectivity index (χ0v) is 22.2. The minimum atomic E-state index is 1.31. The molecule has 174 valence electrons. The van der Waals surface area contributed by atoms with Gasteiger partial charge in [-0.25, -0.2) is 0 Å². The maximum Gasteiger partial charge on any atom is -0.00203 e. The minimum absolute atomic E-state index is 1.31. The molecular formula is C33H42. The Hall–Kier alpha value is -3.12. The second-order valence-electron chi connectivity index (χ2n) is 6.63. The van der Waals surface area contributed by atoms with Crippen LogP contribution in [-0.2, 0) is 0 Å². The second-order valence-corrected chi connectivity index (χ2v) is 6.63. The summed E-state index contributed by atoms with van der Waals surface area (Å²) in [4.78, 5) is 0. The number of rotatable bonds is 1. The zero-order chi connectivity index (χ0) is 24.8. The summed E-state index contributed by atoms with van der Waals surface area (Å²) in [5.41, 5.74) is 3.94. The molecule has 0 atom stereocenters. The molecule has 5 aromatic rings. The van der Waals surface area contributed by atoms with Crippen molar-refractivity contribution in [3.8, 4) is 11.1 Å². The van der Waals surface area contributed by atoms with E-state index in [2.05, 4.69) is 97.9 Å². The summed E-state index contributed by atoms with van der Waals surface area (Å²) < 4.78 is 0. The van der Waals surface area contributed by atoms with Gasteiger partial charge in [-0.2, -0.15) is 0 Å². The Labute approximate surface area is 202 Å². The molecule has 0 amide bonds. The molecule has 33 heavy (non-hydrogen) atoms. The summed E-state index contributed by atoms with van der Waals surface area (Å²) in [5, 5.41) is 7.99. The van der Waals surface area contributed by atoms with Crippen LogP contribution in [0, 0.1) is 6.92 Å². The van der Waals surface area contributed by atoms with Crippen LogP contribution in [0.3, 0.4) is 0 Å². The topological polar surface area (TPSA) is 0 Å². The average molecular weight is 439 g/mol. The second kappa shape index (κ2) is 14.9. The third kappa shape index (κ3) is 5.82. The molecule has 0 fully saturated rings. The van der Waals surface area contributed by atoms with Crippen molar-refractivity contribution in [2.45, 2.75) is 62.3 Å². The molecule has 0 N–H and O–H groups in total. The number of benzene rings is 5. The first-order valence-corrected chi connectivity index (χ1v) is 12.7. The first kappa shape index (κ1) is 27.9. The quantitative estimate of drug-likeness (QED) is 0.228. The van der Waals surface area contributed by atoms with Crippen LogP contribution in [0.2, 0.25) is 0 Å². The van der Waals surface area contributed by atoms with Gasteiger partial charge in [-0.3, -0.25) is 0 Å². The smallest absolute Gasteiger partial charge is 0.00203 e.